The molecule has 2 heteroatoms. The summed E-state index contributed by atoms with van der Waals surface area (Å²) in [5.74, 6) is 0.869. The van der Waals surface area contributed by atoms with Crippen molar-refractivity contribution in [2.75, 3.05) is 13.1 Å². The van der Waals surface area contributed by atoms with Crippen molar-refractivity contribution in [2.24, 2.45) is 17.1 Å². The minimum atomic E-state index is 0.295. The van der Waals surface area contributed by atoms with E-state index in [-0.39, 0.29) is 0 Å². The zero-order valence-electron chi connectivity index (χ0n) is 15.0. The fraction of sp³-hybridized carbons (Fsp3) is 1.00. The summed E-state index contributed by atoms with van der Waals surface area (Å²) >= 11 is 0. The van der Waals surface area contributed by atoms with Crippen LogP contribution in [0.2, 0.25) is 0 Å². The van der Waals surface area contributed by atoms with E-state index >= 15 is 0 Å². The summed E-state index contributed by atoms with van der Waals surface area (Å²) in [5, 5.41) is 0. The largest absolute Gasteiger partial charge is 0.329 e. The molecule has 2 aliphatic carbocycles. The second-order valence-electron chi connectivity index (χ2n) is 8.65. The molecule has 2 saturated carbocycles. The molecule has 2 aliphatic rings. The first-order chi connectivity index (χ1) is 9.93. The van der Waals surface area contributed by atoms with Gasteiger partial charge < -0.3 is 5.73 Å². The third kappa shape index (κ3) is 3.82. The summed E-state index contributed by atoms with van der Waals surface area (Å²) < 4.78 is 0. The lowest BCUT2D eigenvalue weighted by molar-refractivity contribution is 0.0395. The Hall–Kier alpha value is -0.0800. The fourth-order valence-corrected chi connectivity index (χ4v) is 5.06. The van der Waals surface area contributed by atoms with Gasteiger partial charge in [0, 0.05) is 18.1 Å². The van der Waals surface area contributed by atoms with Crippen LogP contribution in [-0.4, -0.2) is 29.6 Å². The molecule has 2 N–H and O–H groups in total. The van der Waals surface area contributed by atoms with Crippen LogP contribution in [0.15, 0.2) is 0 Å². The van der Waals surface area contributed by atoms with Gasteiger partial charge in [-0.25, -0.2) is 0 Å². The van der Waals surface area contributed by atoms with Crippen LogP contribution in [0, 0.1) is 11.3 Å². The number of hydrogen-bond donors (Lipinski definition) is 1. The molecule has 0 aromatic carbocycles. The van der Waals surface area contributed by atoms with Gasteiger partial charge in [0.15, 0.2) is 0 Å². The van der Waals surface area contributed by atoms with Crippen LogP contribution in [0.25, 0.3) is 0 Å². The Bertz CT molecular complexity index is 314. The number of likely N-dealkylation sites (N-methyl/N-ethyl adjacent to an activating group) is 1. The first kappa shape index (κ1) is 17.3. The standard InChI is InChI=1S/C19H38N2/c1-5-21(17-10-6-7-11-17)19(15-20)13-8-9-16(12-14-19)18(2,3)4/h16-17H,5-15,20H2,1-4H3. The number of hydrogen-bond acceptors (Lipinski definition) is 2. The van der Waals surface area contributed by atoms with Gasteiger partial charge in [0.1, 0.15) is 0 Å². The molecule has 2 rings (SSSR count). The lowest BCUT2D eigenvalue weighted by atomic mass is 9.76. The molecule has 124 valence electrons. The van der Waals surface area contributed by atoms with E-state index in [0.717, 1.165) is 18.5 Å². The Labute approximate surface area is 132 Å². The van der Waals surface area contributed by atoms with Gasteiger partial charge in [0.25, 0.3) is 0 Å². The molecule has 0 heterocycles. The van der Waals surface area contributed by atoms with E-state index in [1.165, 1.54) is 64.3 Å². The van der Waals surface area contributed by atoms with Crippen molar-refractivity contribution in [3.05, 3.63) is 0 Å². The smallest absolute Gasteiger partial charge is 0.0334 e. The highest BCUT2D eigenvalue weighted by Gasteiger charge is 2.41. The van der Waals surface area contributed by atoms with Crippen molar-refractivity contribution in [2.45, 2.75) is 97.1 Å². The molecule has 0 aliphatic heterocycles. The van der Waals surface area contributed by atoms with Crippen molar-refractivity contribution in [1.29, 1.82) is 0 Å². The molecule has 2 fully saturated rings. The van der Waals surface area contributed by atoms with E-state index < -0.39 is 0 Å². The summed E-state index contributed by atoms with van der Waals surface area (Å²) in [6, 6.07) is 0.810. The predicted molar refractivity (Wildman–Crippen MR) is 92.5 cm³/mol. The molecule has 0 saturated heterocycles. The lowest BCUT2D eigenvalue weighted by Crippen LogP contribution is -2.57. The Kier molecular flexibility index (Phi) is 5.76. The molecule has 0 bridgehead atoms. The van der Waals surface area contributed by atoms with E-state index in [1.54, 1.807) is 0 Å². The maximum absolute atomic E-state index is 6.36. The van der Waals surface area contributed by atoms with Crippen molar-refractivity contribution < 1.29 is 0 Å². The van der Waals surface area contributed by atoms with Gasteiger partial charge in [0.05, 0.1) is 0 Å². The Balaban J connectivity index is 2.12. The molecule has 21 heavy (non-hydrogen) atoms. The Morgan fingerprint density at radius 1 is 1.00 bits per heavy atom. The van der Waals surface area contributed by atoms with Crippen LogP contribution in [-0.2, 0) is 0 Å². The van der Waals surface area contributed by atoms with Crippen LogP contribution in [0.5, 0.6) is 0 Å². The molecule has 0 radical (unpaired) electrons. The number of rotatable bonds is 4. The van der Waals surface area contributed by atoms with Gasteiger partial charge in [-0.3, -0.25) is 4.90 Å². The second kappa shape index (κ2) is 7.00. The first-order valence-electron chi connectivity index (χ1n) is 9.40. The van der Waals surface area contributed by atoms with E-state index in [4.69, 9.17) is 5.73 Å². The Morgan fingerprint density at radius 3 is 2.19 bits per heavy atom. The zero-order chi connectivity index (χ0) is 15.5. The molecule has 0 amide bonds. The topological polar surface area (TPSA) is 29.3 Å². The van der Waals surface area contributed by atoms with Gasteiger partial charge in [-0.1, -0.05) is 47.0 Å². The van der Waals surface area contributed by atoms with E-state index in [2.05, 4.69) is 32.6 Å². The third-order valence-corrected chi connectivity index (χ3v) is 6.47. The van der Waals surface area contributed by atoms with Gasteiger partial charge >= 0.3 is 0 Å². The average molecular weight is 295 g/mol. The highest BCUT2D eigenvalue weighted by molar-refractivity contribution is 4.98. The third-order valence-electron chi connectivity index (χ3n) is 6.47. The normalized spacial score (nSPS) is 32.6. The van der Waals surface area contributed by atoms with Crippen molar-refractivity contribution in [1.82, 2.24) is 4.90 Å². The van der Waals surface area contributed by atoms with Crippen LogP contribution >= 0.6 is 0 Å². The molecule has 0 aromatic heterocycles. The first-order valence-corrected chi connectivity index (χ1v) is 9.40. The summed E-state index contributed by atoms with van der Waals surface area (Å²) in [6.07, 6.45) is 12.4. The predicted octanol–water partition coefficient (Wildman–Crippen LogP) is 4.57. The molecule has 0 spiro atoms. The Morgan fingerprint density at radius 2 is 1.67 bits per heavy atom. The molecule has 0 aromatic rings. The summed E-state index contributed by atoms with van der Waals surface area (Å²) in [5.41, 5.74) is 7.11. The molecular formula is C19H38N2. The van der Waals surface area contributed by atoms with Crippen molar-refractivity contribution >= 4 is 0 Å². The van der Waals surface area contributed by atoms with Crippen LogP contribution in [0.4, 0.5) is 0 Å². The maximum Gasteiger partial charge on any atom is 0.0334 e. The second-order valence-corrected chi connectivity index (χ2v) is 8.65. The summed E-state index contributed by atoms with van der Waals surface area (Å²) in [4.78, 5) is 2.82. The van der Waals surface area contributed by atoms with Crippen molar-refractivity contribution in [3.8, 4) is 0 Å². The SMILES string of the molecule is CCN(C1CCCC1)C1(CN)CCCC(C(C)(C)C)CC1. The van der Waals surface area contributed by atoms with Gasteiger partial charge in [-0.2, -0.15) is 0 Å². The monoisotopic (exact) mass is 294 g/mol. The number of nitrogens with zero attached hydrogens (tertiary/aromatic N) is 1. The van der Waals surface area contributed by atoms with Crippen LogP contribution in [0.3, 0.4) is 0 Å². The van der Waals surface area contributed by atoms with Crippen LogP contribution in [0.1, 0.15) is 85.5 Å². The average Bonchev–Trinajstić information content (AvgIpc) is 2.85. The van der Waals surface area contributed by atoms with Crippen molar-refractivity contribution in [3.63, 3.8) is 0 Å². The van der Waals surface area contributed by atoms with Crippen LogP contribution < -0.4 is 5.73 Å². The zero-order valence-corrected chi connectivity index (χ0v) is 15.0. The van der Waals surface area contributed by atoms with E-state index in [1.807, 2.05) is 0 Å². The van der Waals surface area contributed by atoms with E-state index in [9.17, 15) is 0 Å². The van der Waals surface area contributed by atoms with Gasteiger partial charge in [-0.15, -0.1) is 0 Å². The summed E-state index contributed by atoms with van der Waals surface area (Å²) in [7, 11) is 0. The minimum Gasteiger partial charge on any atom is -0.329 e. The quantitative estimate of drug-likeness (QED) is 0.769. The number of nitrogens with two attached hydrogens (primary N) is 1. The molecule has 2 unspecified atom stereocenters. The highest BCUT2D eigenvalue weighted by Crippen LogP contribution is 2.43. The molecular weight excluding hydrogens is 256 g/mol. The molecule has 2 nitrogen and oxygen atoms in total. The summed E-state index contributed by atoms with van der Waals surface area (Å²) in [6.45, 7) is 11.6. The fourth-order valence-electron chi connectivity index (χ4n) is 5.06. The lowest BCUT2D eigenvalue weighted by Gasteiger charge is -2.46. The minimum absolute atomic E-state index is 0.295. The van der Waals surface area contributed by atoms with E-state index in [0.29, 0.717) is 11.0 Å². The van der Waals surface area contributed by atoms with Gasteiger partial charge in [-0.05, 0) is 56.4 Å². The molecule has 2 atom stereocenters. The highest BCUT2D eigenvalue weighted by atomic mass is 15.2. The maximum atomic E-state index is 6.36. The van der Waals surface area contributed by atoms with Gasteiger partial charge in [0.2, 0.25) is 0 Å².